The Bertz CT molecular complexity index is 1070. The van der Waals surface area contributed by atoms with Gasteiger partial charge in [-0.05, 0) is 48.4 Å². The second kappa shape index (κ2) is 8.67. The normalized spacial score (nSPS) is 21.6. The molecule has 2 aliphatic rings. The Kier molecular flexibility index (Phi) is 5.93. The van der Waals surface area contributed by atoms with E-state index in [4.69, 9.17) is 9.47 Å². The van der Waals surface area contributed by atoms with Crippen molar-refractivity contribution in [1.29, 1.82) is 0 Å². The Morgan fingerprint density at radius 1 is 1.19 bits per heavy atom. The summed E-state index contributed by atoms with van der Waals surface area (Å²) >= 11 is 0. The highest BCUT2D eigenvalue weighted by Gasteiger charge is 2.46. The van der Waals surface area contributed by atoms with Crippen LogP contribution in [0, 0.1) is 0 Å². The minimum atomic E-state index is -0.690. The summed E-state index contributed by atoms with van der Waals surface area (Å²) < 4.78 is 10.9. The van der Waals surface area contributed by atoms with E-state index in [1.807, 2.05) is 56.3 Å². The number of amides is 1. The lowest BCUT2D eigenvalue weighted by atomic mass is 9.94. The van der Waals surface area contributed by atoms with E-state index < -0.39 is 17.7 Å². The Labute approximate surface area is 187 Å². The van der Waals surface area contributed by atoms with Gasteiger partial charge >= 0.3 is 0 Å². The van der Waals surface area contributed by atoms with Gasteiger partial charge in [0, 0.05) is 45.4 Å². The number of carbonyl (C=O) groups is 2. The fraction of sp³-hybridized carbons (Fsp3) is 0.360. The number of rotatable bonds is 6. The highest BCUT2D eigenvalue weighted by molar-refractivity contribution is 6.46. The fourth-order valence-corrected chi connectivity index (χ4v) is 4.33. The lowest BCUT2D eigenvalue weighted by molar-refractivity contribution is -0.140. The van der Waals surface area contributed by atoms with Gasteiger partial charge in [0.15, 0.2) is 0 Å². The fourth-order valence-electron chi connectivity index (χ4n) is 4.33. The topological polar surface area (TPSA) is 79.3 Å². The quantitative estimate of drug-likeness (QED) is 0.426. The molecule has 0 spiro atoms. The number of aliphatic hydroxyl groups excluding tert-OH is 1. The number of ether oxygens (including phenoxy) is 2. The van der Waals surface area contributed by atoms with Crippen LogP contribution in [0.15, 0.2) is 48.0 Å². The zero-order valence-electron chi connectivity index (χ0n) is 18.8. The highest BCUT2D eigenvalue weighted by Crippen LogP contribution is 2.40. The molecule has 2 atom stereocenters. The second-order valence-corrected chi connectivity index (χ2v) is 8.43. The van der Waals surface area contributed by atoms with Gasteiger partial charge < -0.3 is 24.4 Å². The highest BCUT2D eigenvalue weighted by atomic mass is 16.5. The van der Waals surface area contributed by atoms with Gasteiger partial charge in [0.2, 0.25) is 0 Å². The van der Waals surface area contributed by atoms with Gasteiger partial charge in [-0.3, -0.25) is 9.59 Å². The van der Waals surface area contributed by atoms with Crippen LogP contribution in [0.25, 0.3) is 5.76 Å². The van der Waals surface area contributed by atoms with Crippen molar-refractivity contribution in [2.75, 3.05) is 39.3 Å². The molecule has 2 aromatic carbocycles. The molecular weight excluding hydrogens is 408 g/mol. The summed E-state index contributed by atoms with van der Waals surface area (Å²) in [5, 5.41) is 11.2. The van der Waals surface area contributed by atoms with Crippen molar-refractivity contribution >= 4 is 23.1 Å². The molecule has 0 radical (unpaired) electrons. The average Bonchev–Trinajstić information content (AvgIpc) is 3.27. The molecule has 1 fully saturated rings. The number of Topliss-reactive ketones (excluding diaryl/α,β-unsaturated/α-hetero) is 1. The summed E-state index contributed by atoms with van der Waals surface area (Å²) in [6.45, 7) is 2.51. The molecule has 0 bridgehead atoms. The number of aliphatic hydroxyl groups is 1. The summed E-state index contributed by atoms with van der Waals surface area (Å²) in [6.07, 6.45) is 0.797. The maximum absolute atomic E-state index is 13.1. The molecule has 7 nitrogen and oxygen atoms in total. The maximum Gasteiger partial charge on any atom is 0.295 e. The van der Waals surface area contributed by atoms with Gasteiger partial charge in [-0.15, -0.1) is 0 Å². The largest absolute Gasteiger partial charge is 0.507 e. The van der Waals surface area contributed by atoms with Crippen molar-refractivity contribution in [3.05, 3.63) is 64.7 Å². The van der Waals surface area contributed by atoms with Crippen LogP contribution in [0.2, 0.25) is 0 Å². The second-order valence-electron chi connectivity index (χ2n) is 8.43. The molecule has 32 heavy (non-hydrogen) atoms. The van der Waals surface area contributed by atoms with Crippen molar-refractivity contribution < 1.29 is 24.2 Å². The molecule has 1 saturated heterocycles. The van der Waals surface area contributed by atoms with E-state index in [0.717, 1.165) is 29.0 Å². The van der Waals surface area contributed by atoms with Crippen LogP contribution in [0.4, 0.5) is 5.69 Å². The van der Waals surface area contributed by atoms with E-state index in [0.29, 0.717) is 5.56 Å². The molecule has 2 aliphatic heterocycles. The third kappa shape index (κ3) is 3.84. The van der Waals surface area contributed by atoms with Gasteiger partial charge in [0.25, 0.3) is 11.7 Å². The number of nitrogens with zero attached hydrogens (tertiary/aromatic N) is 2. The first kappa shape index (κ1) is 21.9. The molecule has 7 heteroatoms. The Hall–Kier alpha value is -3.32. The molecule has 0 saturated carbocycles. The molecule has 4 rings (SSSR count). The van der Waals surface area contributed by atoms with Gasteiger partial charge in [-0.2, -0.15) is 0 Å². The summed E-state index contributed by atoms with van der Waals surface area (Å²) in [5.41, 5.74) is 3.32. The number of fused-ring (bicyclic) bond motifs is 1. The molecule has 0 aromatic heterocycles. The van der Waals surface area contributed by atoms with E-state index >= 15 is 0 Å². The Balaban J connectivity index is 1.81. The smallest absolute Gasteiger partial charge is 0.295 e. The molecule has 0 aliphatic carbocycles. The molecule has 2 heterocycles. The number of carbonyl (C=O) groups excluding carboxylic acids is 2. The van der Waals surface area contributed by atoms with Crippen molar-refractivity contribution in [3.8, 4) is 5.75 Å². The summed E-state index contributed by atoms with van der Waals surface area (Å²) in [5.74, 6) is -0.716. The number of benzene rings is 2. The van der Waals surface area contributed by atoms with Crippen molar-refractivity contribution in [1.82, 2.24) is 4.90 Å². The number of ketones is 1. The first-order valence-corrected chi connectivity index (χ1v) is 10.7. The lowest BCUT2D eigenvalue weighted by Crippen LogP contribution is -2.32. The number of likely N-dealkylation sites (tertiary alicyclic amines) is 1. The van der Waals surface area contributed by atoms with Gasteiger partial charge in [-0.25, -0.2) is 0 Å². The number of methoxy groups -OCH3 is 1. The molecular formula is C25H28N2O5. The standard InChI is InChI=1S/C25H28N2O5/c1-15-13-18-14-17(7-10-20(18)32-15)23(28)21-22(16-5-8-19(9-6-16)26(2)3)27(11-12-31-4)25(30)24(21)29/h5-10,14-15,22,28H,11-13H2,1-4H3/b23-21+/t15-,22+/m1/s1. The van der Waals surface area contributed by atoms with Crippen molar-refractivity contribution in [2.24, 2.45) is 0 Å². The van der Waals surface area contributed by atoms with E-state index in [9.17, 15) is 14.7 Å². The third-order valence-electron chi connectivity index (χ3n) is 5.97. The Morgan fingerprint density at radius 3 is 2.56 bits per heavy atom. The third-order valence-corrected chi connectivity index (χ3v) is 5.97. The first-order chi connectivity index (χ1) is 15.3. The lowest BCUT2D eigenvalue weighted by Gasteiger charge is -2.25. The first-order valence-electron chi connectivity index (χ1n) is 10.7. The minimum Gasteiger partial charge on any atom is -0.507 e. The Morgan fingerprint density at radius 2 is 1.91 bits per heavy atom. The molecule has 1 N–H and O–H groups in total. The minimum absolute atomic E-state index is 0.0669. The maximum atomic E-state index is 13.1. The van der Waals surface area contributed by atoms with Gasteiger partial charge in [-0.1, -0.05) is 12.1 Å². The molecule has 168 valence electrons. The summed E-state index contributed by atoms with van der Waals surface area (Å²) in [4.78, 5) is 29.4. The average molecular weight is 437 g/mol. The van der Waals surface area contributed by atoms with E-state index in [2.05, 4.69) is 0 Å². The predicted molar refractivity (Wildman–Crippen MR) is 122 cm³/mol. The molecule has 0 unspecified atom stereocenters. The van der Waals surface area contributed by atoms with Crippen LogP contribution < -0.4 is 9.64 Å². The summed E-state index contributed by atoms with van der Waals surface area (Å²) in [7, 11) is 5.43. The van der Waals surface area contributed by atoms with Crippen LogP contribution in [-0.4, -0.2) is 62.2 Å². The SMILES string of the molecule is COCCN1C(=O)C(=O)/C(=C(/O)c2ccc3c(c2)C[C@@H](C)O3)[C@@H]1c1ccc(N(C)C)cc1. The van der Waals surface area contributed by atoms with Crippen LogP contribution in [0.3, 0.4) is 0 Å². The number of hydrogen-bond acceptors (Lipinski definition) is 6. The molecule has 2 aromatic rings. The van der Waals surface area contributed by atoms with Gasteiger partial charge in [0.1, 0.15) is 17.6 Å². The number of anilines is 1. The van der Waals surface area contributed by atoms with Crippen LogP contribution in [-0.2, 0) is 20.7 Å². The molecule has 1 amide bonds. The predicted octanol–water partition coefficient (Wildman–Crippen LogP) is 3.14. The number of hydrogen-bond donors (Lipinski definition) is 1. The van der Waals surface area contributed by atoms with Gasteiger partial charge in [0.05, 0.1) is 18.2 Å². The van der Waals surface area contributed by atoms with E-state index in [1.54, 1.807) is 19.2 Å². The van der Waals surface area contributed by atoms with E-state index in [1.165, 1.54) is 4.90 Å². The van der Waals surface area contributed by atoms with E-state index in [-0.39, 0.29) is 30.6 Å². The van der Waals surface area contributed by atoms with Crippen LogP contribution >= 0.6 is 0 Å². The zero-order valence-corrected chi connectivity index (χ0v) is 18.8. The van der Waals surface area contributed by atoms with Crippen LogP contribution in [0.1, 0.15) is 29.7 Å². The summed E-state index contributed by atoms with van der Waals surface area (Å²) in [6, 6.07) is 12.3. The monoisotopic (exact) mass is 436 g/mol. The van der Waals surface area contributed by atoms with Crippen LogP contribution in [0.5, 0.6) is 5.75 Å². The van der Waals surface area contributed by atoms with Crippen molar-refractivity contribution in [3.63, 3.8) is 0 Å². The zero-order chi connectivity index (χ0) is 23.0. The van der Waals surface area contributed by atoms with Crippen molar-refractivity contribution in [2.45, 2.75) is 25.5 Å².